The largest absolute Gasteiger partial charge is 0.493 e. The van der Waals surface area contributed by atoms with E-state index in [0.717, 1.165) is 55.8 Å². The van der Waals surface area contributed by atoms with Crippen molar-refractivity contribution in [3.63, 3.8) is 0 Å². The molecule has 0 radical (unpaired) electrons. The lowest BCUT2D eigenvalue weighted by Gasteiger charge is -2.17. The molecule has 44 heavy (non-hydrogen) atoms. The van der Waals surface area contributed by atoms with Crippen LogP contribution in [0.5, 0.6) is 11.5 Å². The van der Waals surface area contributed by atoms with Gasteiger partial charge in [0.15, 0.2) is 0 Å². The first-order chi connectivity index (χ1) is 21.0. The Labute approximate surface area is 253 Å². The van der Waals surface area contributed by atoms with Crippen molar-refractivity contribution in [2.24, 2.45) is 11.8 Å². The number of carbonyl (C=O) groups is 1. The van der Waals surface area contributed by atoms with E-state index in [0.29, 0.717) is 43.7 Å². The number of carbonyl (C=O) groups excluding carboxylic acids is 1. The van der Waals surface area contributed by atoms with Gasteiger partial charge in [-0.25, -0.2) is 4.79 Å². The van der Waals surface area contributed by atoms with Crippen LogP contribution in [0.4, 0.5) is 31.1 Å². The molecular formula is C32H36F6N2O4. The van der Waals surface area contributed by atoms with Gasteiger partial charge in [0.1, 0.15) is 18.1 Å². The number of ether oxygens (including phenoxy) is 3. The maximum absolute atomic E-state index is 12.6. The third-order valence-corrected chi connectivity index (χ3v) is 7.25. The third kappa shape index (κ3) is 10.4. The summed E-state index contributed by atoms with van der Waals surface area (Å²) in [7, 11) is 0. The summed E-state index contributed by atoms with van der Waals surface area (Å²) < 4.78 is 90.9. The van der Waals surface area contributed by atoms with Crippen molar-refractivity contribution in [1.82, 2.24) is 10.2 Å². The summed E-state index contributed by atoms with van der Waals surface area (Å²) in [5.74, 6) is 1.45. The predicted molar refractivity (Wildman–Crippen MR) is 153 cm³/mol. The number of nitrogens with one attached hydrogen (secondary N) is 1. The molecule has 5 rings (SSSR count). The summed E-state index contributed by atoms with van der Waals surface area (Å²) in [5.41, 5.74) is -0.428. The average Bonchev–Trinajstić information content (AvgIpc) is 3.71. The van der Waals surface area contributed by atoms with Gasteiger partial charge < -0.3 is 24.4 Å². The van der Waals surface area contributed by atoms with Gasteiger partial charge in [-0.15, -0.1) is 0 Å². The lowest BCUT2D eigenvalue weighted by Crippen LogP contribution is -2.30. The third-order valence-electron chi connectivity index (χ3n) is 7.25. The van der Waals surface area contributed by atoms with Crippen molar-refractivity contribution in [3.8, 4) is 11.5 Å². The normalized spacial score (nSPS) is 18.4. The highest BCUT2D eigenvalue weighted by molar-refractivity contribution is 5.68. The van der Waals surface area contributed by atoms with Gasteiger partial charge in [-0.05, 0) is 73.5 Å². The van der Waals surface area contributed by atoms with E-state index in [1.165, 1.54) is 24.3 Å². The molecular weight excluding hydrogens is 590 g/mol. The summed E-state index contributed by atoms with van der Waals surface area (Å²) in [5, 5.41) is 3.21. The fraction of sp³-hybridized carbons (Fsp3) is 0.406. The van der Waals surface area contributed by atoms with Crippen LogP contribution in [0.25, 0.3) is 0 Å². The highest BCUT2D eigenvalue weighted by Crippen LogP contribution is 2.31. The van der Waals surface area contributed by atoms with Crippen LogP contribution in [0.15, 0.2) is 78.9 Å². The molecule has 0 unspecified atom stereocenters. The van der Waals surface area contributed by atoms with E-state index in [1.807, 2.05) is 30.3 Å². The Morgan fingerprint density at radius 3 is 1.82 bits per heavy atom. The topological polar surface area (TPSA) is 60.0 Å². The molecule has 3 aromatic rings. The zero-order valence-corrected chi connectivity index (χ0v) is 23.9. The van der Waals surface area contributed by atoms with E-state index in [9.17, 15) is 31.1 Å². The molecule has 2 atom stereocenters. The lowest BCUT2D eigenvalue weighted by atomic mass is 10.1. The van der Waals surface area contributed by atoms with E-state index in [1.54, 1.807) is 4.90 Å². The zero-order chi connectivity index (χ0) is 31.6. The Balaban J connectivity index is 0.000000265. The van der Waals surface area contributed by atoms with Gasteiger partial charge in [0, 0.05) is 32.9 Å². The molecule has 2 heterocycles. The van der Waals surface area contributed by atoms with Gasteiger partial charge in [0.05, 0.1) is 24.3 Å². The molecule has 12 heteroatoms. The number of amides is 1. The van der Waals surface area contributed by atoms with Crippen LogP contribution in [0.3, 0.4) is 0 Å². The minimum atomic E-state index is -4.36. The number of likely N-dealkylation sites (tertiary alicyclic amines) is 1. The summed E-state index contributed by atoms with van der Waals surface area (Å²) in [4.78, 5) is 13.8. The molecule has 2 fully saturated rings. The Hall–Kier alpha value is -3.93. The highest BCUT2D eigenvalue weighted by Gasteiger charge is 2.31. The van der Waals surface area contributed by atoms with E-state index in [2.05, 4.69) is 5.32 Å². The molecule has 2 aliphatic heterocycles. The Morgan fingerprint density at radius 1 is 0.773 bits per heavy atom. The minimum absolute atomic E-state index is 0. The maximum atomic E-state index is 12.6. The number of rotatable bonds is 8. The molecule has 3 aromatic carbocycles. The van der Waals surface area contributed by atoms with Crippen molar-refractivity contribution < 1.29 is 46.8 Å². The van der Waals surface area contributed by atoms with E-state index < -0.39 is 23.5 Å². The Kier molecular flexibility index (Phi) is 11.4. The maximum Gasteiger partial charge on any atom is 0.416 e. The van der Waals surface area contributed by atoms with Crippen LogP contribution in [-0.2, 0) is 23.7 Å². The first-order valence-electron chi connectivity index (χ1n) is 14.2. The molecule has 1 N–H and O–H groups in total. The van der Waals surface area contributed by atoms with Gasteiger partial charge in [-0.1, -0.05) is 30.3 Å². The second-order valence-corrected chi connectivity index (χ2v) is 10.7. The van der Waals surface area contributed by atoms with Crippen molar-refractivity contribution in [3.05, 3.63) is 95.6 Å². The van der Waals surface area contributed by atoms with E-state index in [4.69, 9.17) is 14.2 Å². The number of halogens is 6. The fourth-order valence-corrected chi connectivity index (χ4v) is 4.71. The van der Waals surface area contributed by atoms with Crippen LogP contribution in [0.2, 0.25) is 0 Å². The van der Waals surface area contributed by atoms with Gasteiger partial charge in [0.2, 0.25) is 0 Å². The molecule has 240 valence electrons. The van der Waals surface area contributed by atoms with E-state index in [-0.39, 0.29) is 20.0 Å². The molecule has 0 saturated carbocycles. The summed E-state index contributed by atoms with van der Waals surface area (Å²) >= 11 is 0. The first-order valence-corrected chi connectivity index (χ1v) is 14.2. The second kappa shape index (κ2) is 15.2. The van der Waals surface area contributed by atoms with Crippen molar-refractivity contribution in [2.45, 2.75) is 31.8 Å². The van der Waals surface area contributed by atoms with Gasteiger partial charge in [-0.3, -0.25) is 0 Å². The number of nitrogens with zero attached hydrogens (tertiary/aromatic N) is 1. The molecule has 0 bridgehead atoms. The van der Waals surface area contributed by atoms with Gasteiger partial charge >= 0.3 is 18.4 Å². The molecule has 1 amide bonds. The van der Waals surface area contributed by atoms with Gasteiger partial charge in [-0.2, -0.15) is 26.3 Å². The number of hydrogen-bond acceptors (Lipinski definition) is 5. The Morgan fingerprint density at radius 2 is 1.32 bits per heavy atom. The molecule has 0 aromatic heterocycles. The lowest BCUT2D eigenvalue weighted by molar-refractivity contribution is -0.138. The standard InChI is InChI=1S/C20H20F3NO3.C12H14F3NO.H2/c21-20(22,23)17-6-8-18(9-7-17)26-14-16-10-11-24(12-16)19(25)27-13-15-4-2-1-3-5-15;13-12(14,15)10-1-3-11(4-2-10)17-8-9-5-6-16-7-9;/h1-9,16H,10-14H2;1-4,9,16H,5-8H2;1H/t16-;9-;/m00./s1. The summed E-state index contributed by atoms with van der Waals surface area (Å²) in [6, 6.07) is 18.9. The van der Waals surface area contributed by atoms with Crippen LogP contribution in [-0.4, -0.2) is 50.4 Å². The SMILES string of the molecule is FC(F)(F)c1ccc(OC[C@H]2CCNC2)cc1.O=C(OCc1ccccc1)N1CC[C@H](COc2ccc(C(F)(F)F)cc2)C1.[HH]. The van der Waals surface area contributed by atoms with Crippen molar-refractivity contribution in [2.75, 3.05) is 39.4 Å². The summed E-state index contributed by atoms with van der Waals surface area (Å²) in [6.45, 7) is 4.11. The van der Waals surface area contributed by atoms with Crippen LogP contribution < -0.4 is 14.8 Å². The summed E-state index contributed by atoms with van der Waals surface area (Å²) in [6.07, 6.45) is -7.18. The Bertz CT molecular complexity index is 1300. The zero-order valence-electron chi connectivity index (χ0n) is 23.9. The van der Waals surface area contributed by atoms with Crippen LogP contribution in [0.1, 0.15) is 31.0 Å². The predicted octanol–water partition coefficient (Wildman–Crippen LogP) is 7.68. The number of hydrogen-bond donors (Lipinski definition) is 1. The van der Waals surface area contributed by atoms with Crippen LogP contribution in [0, 0.1) is 11.8 Å². The average molecular weight is 627 g/mol. The molecule has 6 nitrogen and oxygen atoms in total. The molecule has 2 saturated heterocycles. The van der Waals surface area contributed by atoms with Crippen molar-refractivity contribution >= 4 is 6.09 Å². The number of alkyl halides is 6. The van der Waals surface area contributed by atoms with Crippen molar-refractivity contribution in [1.29, 1.82) is 0 Å². The smallest absolute Gasteiger partial charge is 0.416 e. The monoisotopic (exact) mass is 626 g/mol. The minimum Gasteiger partial charge on any atom is -0.493 e. The highest BCUT2D eigenvalue weighted by atomic mass is 19.4. The quantitative estimate of drug-likeness (QED) is 0.260. The fourth-order valence-electron chi connectivity index (χ4n) is 4.71. The van der Waals surface area contributed by atoms with Crippen LogP contribution >= 0.6 is 0 Å². The molecule has 0 spiro atoms. The molecule has 0 aliphatic carbocycles. The van der Waals surface area contributed by atoms with E-state index >= 15 is 0 Å². The molecule has 2 aliphatic rings. The first kappa shape index (κ1) is 33.0. The van der Waals surface area contributed by atoms with Gasteiger partial charge in [0.25, 0.3) is 0 Å². The second-order valence-electron chi connectivity index (χ2n) is 10.7. The number of benzene rings is 3.